The zero-order valence-electron chi connectivity index (χ0n) is 10.3. The summed E-state index contributed by atoms with van der Waals surface area (Å²) in [4.78, 5) is 13.1. The second kappa shape index (κ2) is 6.84. The number of carboxylic acid groups (broad SMARTS) is 1. The van der Waals surface area contributed by atoms with Crippen LogP contribution in [0.15, 0.2) is 18.2 Å². The van der Waals surface area contributed by atoms with Crippen LogP contribution in [0.25, 0.3) is 0 Å². The highest BCUT2D eigenvalue weighted by molar-refractivity contribution is 7.99. The third-order valence-electron chi connectivity index (χ3n) is 3.13. The van der Waals surface area contributed by atoms with Gasteiger partial charge in [0, 0.05) is 30.6 Å². The number of hydrogen-bond acceptors (Lipinski definition) is 3. The number of halogens is 2. The fourth-order valence-corrected chi connectivity index (χ4v) is 3.61. The van der Waals surface area contributed by atoms with E-state index in [0.29, 0.717) is 10.0 Å². The molecule has 2 rings (SSSR count). The molecular weight excluding hydrogens is 305 g/mol. The van der Waals surface area contributed by atoms with Gasteiger partial charge in [-0.05, 0) is 17.7 Å². The monoisotopic (exact) mass is 319 g/mol. The van der Waals surface area contributed by atoms with Crippen LogP contribution < -0.4 is 0 Å². The number of carbonyl (C=O) groups is 1. The Labute approximate surface area is 126 Å². The topological polar surface area (TPSA) is 40.5 Å². The Hall–Kier alpha value is -0.420. The van der Waals surface area contributed by atoms with Gasteiger partial charge in [0.2, 0.25) is 0 Å². The van der Waals surface area contributed by atoms with E-state index in [4.69, 9.17) is 28.3 Å². The number of thioether (sulfide) groups is 1. The minimum atomic E-state index is -0.744. The van der Waals surface area contributed by atoms with E-state index in [1.54, 1.807) is 6.07 Å². The lowest BCUT2D eigenvalue weighted by atomic mass is 10.1. The first-order valence-electron chi connectivity index (χ1n) is 6.04. The quantitative estimate of drug-likeness (QED) is 0.923. The first-order valence-corrected chi connectivity index (χ1v) is 7.95. The van der Waals surface area contributed by atoms with Gasteiger partial charge in [0.25, 0.3) is 0 Å². The maximum atomic E-state index is 10.9. The van der Waals surface area contributed by atoms with Crippen molar-refractivity contribution in [3.05, 3.63) is 33.8 Å². The van der Waals surface area contributed by atoms with Crippen LogP contribution in [-0.4, -0.2) is 40.1 Å². The molecule has 0 radical (unpaired) electrons. The zero-order valence-corrected chi connectivity index (χ0v) is 12.6. The lowest BCUT2D eigenvalue weighted by Gasteiger charge is -2.34. The van der Waals surface area contributed by atoms with Gasteiger partial charge in [0.05, 0.1) is 16.5 Å². The largest absolute Gasteiger partial charge is 0.481 e. The molecule has 3 nitrogen and oxygen atoms in total. The number of nitrogens with zero attached hydrogens (tertiary/aromatic N) is 1. The number of rotatable bonds is 4. The van der Waals surface area contributed by atoms with Crippen molar-refractivity contribution in [2.45, 2.75) is 19.0 Å². The standard InChI is InChI=1S/C13H15Cl2NO2S/c14-11-2-1-9(5-12(11)15)7-16-3-4-19-8-10(16)6-13(17)18/h1-2,5,10H,3-4,6-8H2,(H,17,18). The SMILES string of the molecule is O=C(O)CC1CSCCN1Cc1ccc(Cl)c(Cl)c1. The molecule has 1 aliphatic heterocycles. The molecule has 0 bridgehead atoms. The summed E-state index contributed by atoms with van der Waals surface area (Å²) in [5, 5.41) is 10.0. The van der Waals surface area contributed by atoms with Crippen molar-refractivity contribution in [1.29, 1.82) is 0 Å². The summed E-state index contributed by atoms with van der Waals surface area (Å²) in [6.07, 6.45) is 0.189. The fraction of sp³-hybridized carbons (Fsp3) is 0.462. The minimum Gasteiger partial charge on any atom is -0.481 e. The van der Waals surface area contributed by atoms with E-state index >= 15 is 0 Å². The van der Waals surface area contributed by atoms with Crippen molar-refractivity contribution in [2.75, 3.05) is 18.1 Å². The lowest BCUT2D eigenvalue weighted by molar-refractivity contribution is -0.138. The van der Waals surface area contributed by atoms with Gasteiger partial charge in [-0.3, -0.25) is 9.69 Å². The van der Waals surface area contributed by atoms with Crippen molar-refractivity contribution < 1.29 is 9.90 Å². The molecule has 0 aliphatic carbocycles. The van der Waals surface area contributed by atoms with Gasteiger partial charge in [-0.25, -0.2) is 0 Å². The third kappa shape index (κ3) is 4.28. The van der Waals surface area contributed by atoms with Gasteiger partial charge < -0.3 is 5.11 Å². The maximum absolute atomic E-state index is 10.9. The summed E-state index contributed by atoms with van der Waals surface area (Å²) < 4.78 is 0. The van der Waals surface area contributed by atoms with Crippen molar-refractivity contribution >= 4 is 40.9 Å². The van der Waals surface area contributed by atoms with Crippen LogP contribution in [0.1, 0.15) is 12.0 Å². The van der Waals surface area contributed by atoms with E-state index < -0.39 is 5.97 Å². The van der Waals surface area contributed by atoms with Crippen molar-refractivity contribution in [3.63, 3.8) is 0 Å². The molecule has 104 valence electrons. The molecule has 0 saturated carbocycles. The van der Waals surface area contributed by atoms with Crippen LogP contribution in [0.5, 0.6) is 0 Å². The van der Waals surface area contributed by atoms with Gasteiger partial charge in [-0.2, -0.15) is 11.8 Å². The molecule has 1 aromatic carbocycles. The third-order valence-corrected chi connectivity index (χ3v) is 4.96. The summed E-state index contributed by atoms with van der Waals surface area (Å²) in [7, 11) is 0. The highest BCUT2D eigenvalue weighted by Crippen LogP contribution is 2.25. The zero-order chi connectivity index (χ0) is 13.8. The molecule has 1 saturated heterocycles. The predicted octanol–water partition coefficient (Wildman–Crippen LogP) is 3.39. The van der Waals surface area contributed by atoms with Gasteiger partial charge >= 0.3 is 5.97 Å². The van der Waals surface area contributed by atoms with E-state index in [-0.39, 0.29) is 12.5 Å². The molecule has 1 fully saturated rings. The molecular formula is C13H15Cl2NO2S. The summed E-state index contributed by atoms with van der Waals surface area (Å²) in [6.45, 7) is 1.62. The molecule has 0 amide bonds. The Balaban J connectivity index is 2.06. The van der Waals surface area contributed by atoms with Crippen LogP contribution in [0.4, 0.5) is 0 Å². The molecule has 19 heavy (non-hydrogen) atoms. The molecule has 1 aliphatic rings. The van der Waals surface area contributed by atoms with Crippen molar-refractivity contribution in [1.82, 2.24) is 4.90 Å². The average molecular weight is 320 g/mol. The number of carboxylic acids is 1. The van der Waals surface area contributed by atoms with Gasteiger partial charge in [0.15, 0.2) is 0 Å². The normalized spacial score (nSPS) is 20.4. The van der Waals surface area contributed by atoms with Crippen LogP contribution in [0, 0.1) is 0 Å². The second-order valence-electron chi connectivity index (χ2n) is 4.55. The Bertz CT molecular complexity index is 470. The van der Waals surface area contributed by atoms with Gasteiger partial charge in [0.1, 0.15) is 0 Å². The van der Waals surface area contributed by atoms with Crippen LogP contribution in [-0.2, 0) is 11.3 Å². The highest BCUT2D eigenvalue weighted by atomic mass is 35.5. The predicted molar refractivity (Wildman–Crippen MR) is 80.2 cm³/mol. The highest BCUT2D eigenvalue weighted by Gasteiger charge is 2.25. The van der Waals surface area contributed by atoms with Gasteiger partial charge in [-0.15, -0.1) is 0 Å². The van der Waals surface area contributed by atoms with E-state index in [0.717, 1.165) is 30.2 Å². The second-order valence-corrected chi connectivity index (χ2v) is 6.51. The van der Waals surface area contributed by atoms with Crippen LogP contribution >= 0.6 is 35.0 Å². The lowest BCUT2D eigenvalue weighted by Crippen LogP contribution is -2.42. The Morgan fingerprint density at radius 2 is 2.21 bits per heavy atom. The molecule has 1 atom stereocenters. The summed E-state index contributed by atoms with van der Waals surface area (Å²) >= 11 is 13.7. The Kier molecular flexibility index (Phi) is 5.39. The number of benzene rings is 1. The van der Waals surface area contributed by atoms with E-state index in [1.807, 2.05) is 23.9 Å². The first-order chi connectivity index (χ1) is 9.06. The van der Waals surface area contributed by atoms with Gasteiger partial charge in [-0.1, -0.05) is 29.3 Å². The molecule has 0 aromatic heterocycles. The summed E-state index contributed by atoms with van der Waals surface area (Å²) in [5.74, 6) is 1.16. The summed E-state index contributed by atoms with van der Waals surface area (Å²) in [6, 6.07) is 5.66. The van der Waals surface area contributed by atoms with Crippen LogP contribution in [0.2, 0.25) is 10.0 Å². The molecule has 6 heteroatoms. The van der Waals surface area contributed by atoms with Crippen molar-refractivity contribution in [2.24, 2.45) is 0 Å². The first kappa shape index (κ1) is 15.0. The maximum Gasteiger partial charge on any atom is 0.304 e. The van der Waals surface area contributed by atoms with E-state index in [9.17, 15) is 4.79 Å². The molecule has 1 aromatic rings. The molecule has 1 unspecified atom stereocenters. The number of hydrogen-bond donors (Lipinski definition) is 1. The summed E-state index contributed by atoms with van der Waals surface area (Å²) in [5.41, 5.74) is 1.07. The Morgan fingerprint density at radius 1 is 1.42 bits per heavy atom. The van der Waals surface area contributed by atoms with Crippen molar-refractivity contribution in [3.8, 4) is 0 Å². The van der Waals surface area contributed by atoms with Crippen LogP contribution in [0.3, 0.4) is 0 Å². The van der Waals surface area contributed by atoms with E-state index in [1.165, 1.54) is 0 Å². The van der Waals surface area contributed by atoms with E-state index in [2.05, 4.69) is 4.90 Å². The average Bonchev–Trinajstić information content (AvgIpc) is 2.36. The minimum absolute atomic E-state index is 0.0886. The fourth-order valence-electron chi connectivity index (χ4n) is 2.16. The smallest absolute Gasteiger partial charge is 0.304 e. The molecule has 1 heterocycles. The molecule has 1 N–H and O–H groups in total. The number of aliphatic carboxylic acids is 1. The molecule has 0 spiro atoms. The Morgan fingerprint density at radius 3 is 2.89 bits per heavy atom.